The Bertz CT molecular complexity index is 1330. The van der Waals surface area contributed by atoms with Crippen LogP contribution in [0.1, 0.15) is 35.2 Å². The second-order valence-corrected chi connectivity index (χ2v) is 8.66. The summed E-state index contributed by atoms with van der Waals surface area (Å²) >= 11 is 0. The number of carboxylic acid groups (broad SMARTS) is 2. The van der Waals surface area contributed by atoms with Gasteiger partial charge in [-0.25, -0.2) is 14.0 Å². The first-order valence-corrected chi connectivity index (χ1v) is 11.6. The monoisotopic (exact) mass is 491 g/mol. The largest absolute Gasteiger partial charge is 0.478 e. The van der Waals surface area contributed by atoms with Crippen LogP contribution in [0.25, 0.3) is 16.5 Å². The van der Waals surface area contributed by atoms with Gasteiger partial charge in [-0.05, 0) is 73.8 Å². The molecular formula is C27H26FN3O5. The van der Waals surface area contributed by atoms with E-state index in [-0.39, 0.29) is 11.7 Å². The third kappa shape index (κ3) is 6.05. The van der Waals surface area contributed by atoms with E-state index in [1.807, 2.05) is 18.2 Å². The molecule has 186 valence electrons. The predicted molar refractivity (Wildman–Crippen MR) is 134 cm³/mol. The molecule has 1 unspecified atom stereocenters. The molecule has 0 radical (unpaired) electrons. The SMILES string of the molecule is O=C(Nc1ccc2[nH]cc(C3=CCN4CCCC4C3)c2c1)c1ccc(F)cc1.O=C(O)C=CC(=O)O. The summed E-state index contributed by atoms with van der Waals surface area (Å²) in [7, 11) is 0. The van der Waals surface area contributed by atoms with E-state index < -0.39 is 11.9 Å². The van der Waals surface area contributed by atoms with Crippen molar-refractivity contribution in [3.63, 3.8) is 0 Å². The number of aromatic nitrogens is 1. The average molecular weight is 492 g/mol. The third-order valence-electron chi connectivity index (χ3n) is 6.29. The fourth-order valence-corrected chi connectivity index (χ4v) is 4.56. The van der Waals surface area contributed by atoms with E-state index in [2.05, 4.69) is 27.5 Å². The Morgan fingerprint density at radius 1 is 1.06 bits per heavy atom. The number of benzene rings is 2. The van der Waals surface area contributed by atoms with Crippen LogP contribution in [0.5, 0.6) is 0 Å². The van der Waals surface area contributed by atoms with Gasteiger partial charge >= 0.3 is 11.9 Å². The van der Waals surface area contributed by atoms with Gasteiger partial charge in [0.1, 0.15) is 5.82 Å². The van der Waals surface area contributed by atoms with Crippen molar-refractivity contribution in [2.24, 2.45) is 0 Å². The number of carbonyl (C=O) groups is 3. The van der Waals surface area contributed by atoms with Crippen molar-refractivity contribution in [3.8, 4) is 0 Å². The van der Waals surface area contributed by atoms with Crippen molar-refractivity contribution in [2.45, 2.75) is 25.3 Å². The Morgan fingerprint density at radius 3 is 2.47 bits per heavy atom. The molecule has 36 heavy (non-hydrogen) atoms. The number of nitrogens with zero attached hydrogens (tertiary/aromatic N) is 1. The quantitative estimate of drug-likeness (QED) is 0.389. The van der Waals surface area contributed by atoms with Crippen LogP contribution in [0, 0.1) is 5.82 Å². The highest BCUT2D eigenvalue weighted by Gasteiger charge is 2.28. The van der Waals surface area contributed by atoms with Crippen molar-refractivity contribution in [1.29, 1.82) is 0 Å². The number of halogens is 1. The van der Waals surface area contributed by atoms with Crippen LogP contribution in [0.4, 0.5) is 10.1 Å². The molecule has 5 rings (SSSR count). The zero-order valence-corrected chi connectivity index (χ0v) is 19.4. The average Bonchev–Trinajstić information content (AvgIpc) is 3.49. The van der Waals surface area contributed by atoms with Crippen molar-refractivity contribution in [3.05, 3.63) is 83.8 Å². The summed E-state index contributed by atoms with van der Waals surface area (Å²) in [5, 5.41) is 19.7. The zero-order valence-electron chi connectivity index (χ0n) is 19.4. The van der Waals surface area contributed by atoms with Gasteiger partial charge < -0.3 is 20.5 Å². The van der Waals surface area contributed by atoms with Crippen molar-refractivity contribution in [2.75, 3.05) is 18.4 Å². The third-order valence-corrected chi connectivity index (χ3v) is 6.29. The van der Waals surface area contributed by atoms with Gasteiger partial charge in [-0.1, -0.05) is 6.08 Å². The summed E-state index contributed by atoms with van der Waals surface area (Å²) in [5.74, 6) is -3.11. The standard InChI is InChI=1S/C23H22FN3O.C4H4O4/c24-17-5-3-15(4-6-17)23(28)26-18-7-8-22-20(13-18)21(14-25-22)16-9-11-27-10-1-2-19(27)12-16;5-3(6)1-2-4(7)8/h3-9,13-14,19,25H,1-2,10-12H2,(H,26,28);1-2H,(H,5,6)(H,7,8). The Balaban J connectivity index is 0.000000331. The lowest BCUT2D eigenvalue weighted by molar-refractivity contribution is -0.134. The molecule has 4 N–H and O–H groups in total. The van der Waals surface area contributed by atoms with Crippen molar-refractivity contribution < 1.29 is 29.0 Å². The molecule has 8 nitrogen and oxygen atoms in total. The lowest BCUT2D eigenvalue weighted by atomic mass is 9.94. The maximum absolute atomic E-state index is 13.1. The minimum absolute atomic E-state index is 0.241. The van der Waals surface area contributed by atoms with Gasteiger partial charge in [0, 0.05) is 58.7 Å². The summed E-state index contributed by atoms with van der Waals surface area (Å²) < 4.78 is 13.1. The molecule has 3 heterocycles. The number of aromatic amines is 1. The van der Waals surface area contributed by atoms with Crippen LogP contribution < -0.4 is 5.32 Å². The highest BCUT2D eigenvalue weighted by molar-refractivity contribution is 6.05. The minimum Gasteiger partial charge on any atom is -0.478 e. The first kappa shape index (κ1) is 24.9. The minimum atomic E-state index is -1.26. The number of carbonyl (C=O) groups excluding carboxylic acids is 1. The fraction of sp³-hybridized carbons (Fsp3) is 0.222. The summed E-state index contributed by atoms with van der Waals surface area (Å²) in [5.41, 5.74) is 4.84. The molecule has 1 fully saturated rings. The van der Waals surface area contributed by atoms with E-state index in [4.69, 9.17) is 10.2 Å². The first-order valence-electron chi connectivity index (χ1n) is 11.6. The highest BCUT2D eigenvalue weighted by Crippen LogP contribution is 2.35. The van der Waals surface area contributed by atoms with Gasteiger partial charge in [0.05, 0.1) is 0 Å². The first-order chi connectivity index (χ1) is 17.3. The van der Waals surface area contributed by atoms with E-state index in [0.717, 1.165) is 29.6 Å². The number of anilines is 1. The van der Waals surface area contributed by atoms with E-state index in [1.54, 1.807) is 0 Å². The molecule has 2 aliphatic heterocycles. The van der Waals surface area contributed by atoms with E-state index >= 15 is 0 Å². The molecule has 2 aromatic carbocycles. The van der Waals surface area contributed by atoms with Crippen molar-refractivity contribution >= 4 is 40.0 Å². The number of nitrogens with one attached hydrogen (secondary N) is 2. The second-order valence-electron chi connectivity index (χ2n) is 8.66. The molecule has 1 aromatic heterocycles. The Labute approximate surface area is 206 Å². The van der Waals surface area contributed by atoms with E-state index in [0.29, 0.717) is 23.8 Å². The maximum atomic E-state index is 13.1. The van der Waals surface area contributed by atoms with Gasteiger partial charge in [-0.3, -0.25) is 9.69 Å². The molecule has 2 aliphatic rings. The zero-order chi connectivity index (χ0) is 25.7. The van der Waals surface area contributed by atoms with Crippen LogP contribution in [0.3, 0.4) is 0 Å². The maximum Gasteiger partial charge on any atom is 0.328 e. The van der Waals surface area contributed by atoms with Gasteiger partial charge in [-0.15, -0.1) is 0 Å². The number of carboxylic acids is 2. The topological polar surface area (TPSA) is 123 Å². The normalized spacial score (nSPS) is 17.2. The second kappa shape index (κ2) is 11.0. The molecule has 1 atom stereocenters. The van der Waals surface area contributed by atoms with Gasteiger partial charge in [0.2, 0.25) is 0 Å². The number of amides is 1. The lowest BCUT2D eigenvalue weighted by Crippen LogP contribution is -2.32. The van der Waals surface area contributed by atoms with Crippen LogP contribution in [-0.2, 0) is 9.59 Å². The van der Waals surface area contributed by atoms with Crippen LogP contribution in [-0.4, -0.2) is 57.1 Å². The molecule has 0 spiro atoms. The van der Waals surface area contributed by atoms with E-state index in [9.17, 15) is 18.8 Å². The molecule has 3 aromatic rings. The van der Waals surface area contributed by atoms with E-state index in [1.165, 1.54) is 54.8 Å². The molecule has 1 amide bonds. The number of H-pyrrole nitrogens is 1. The van der Waals surface area contributed by atoms with Crippen LogP contribution in [0.2, 0.25) is 0 Å². The van der Waals surface area contributed by atoms with Crippen LogP contribution in [0.15, 0.2) is 66.9 Å². The van der Waals surface area contributed by atoms with Gasteiger partial charge in [0.25, 0.3) is 5.91 Å². The summed E-state index contributed by atoms with van der Waals surface area (Å²) in [6.45, 7) is 2.23. The number of fused-ring (bicyclic) bond motifs is 2. The summed E-state index contributed by atoms with van der Waals surface area (Å²) in [6.07, 6.45) is 9.18. The fourth-order valence-electron chi connectivity index (χ4n) is 4.56. The molecule has 0 bridgehead atoms. The van der Waals surface area contributed by atoms with Gasteiger partial charge in [-0.2, -0.15) is 0 Å². The van der Waals surface area contributed by atoms with Crippen molar-refractivity contribution in [1.82, 2.24) is 9.88 Å². The number of hydrogen-bond donors (Lipinski definition) is 4. The smallest absolute Gasteiger partial charge is 0.328 e. The number of rotatable bonds is 5. The lowest BCUT2D eigenvalue weighted by Gasteiger charge is -2.29. The Morgan fingerprint density at radius 2 is 1.78 bits per heavy atom. The Kier molecular flexibility index (Phi) is 7.60. The van der Waals surface area contributed by atoms with Gasteiger partial charge in [0.15, 0.2) is 0 Å². The summed E-state index contributed by atoms with van der Waals surface area (Å²) in [6, 6.07) is 12.1. The number of hydrogen-bond acceptors (Lipinski definition) is 4. The Hall–Kier alpha value is -4.24. The molecular weight excluding hydrogens is 465 g/mol. The molecule has 1 saturated heterocycles. The summed E-state index contributed by atoms with van der Waals surface area (Å²) in [4.78, 5) is 37.5. The molecule has 0 saturated carbocycles. The number of aliphatic carboxylic acids is 2. The molecule has 9 heteroatoms. The molecule has 0 aliphatic carbocycles. The highest BCUT2D eigenvalue weighted by atomic mass is 19.1. The van der Waals surface area contributed by atoms with Crippen LogP contribution >= 0.6 is 0 Å². The predicted octanol–water partition coefficient (Wildman–Crippen LogP) is 4.52.